The molecule has 1 aliphatic rings. The molecular formula is C28H34N6O3. The van der Waals surface area contributed by atoms with Gasteiger partial charge < -0.3 is 26.4 Å². The summed E-state index contributed by atoms with van der Waals surface area (Å²) >= 11 is 0. The zero-order valence-corrected chi connectivity index (χ0v) is 21.7. The smallest absolute Gasteiger partial charge is 0.257 e. The van der Waals surface area contributed by atoms with E-state index in [2.05, 4.69) is 46.7 Å². The highest BCUT2D eigenvalue weighted by Crippen LogP contribution is 2.26. The van der Waals surface area contributed by atoms with Crippen molar-refractivity contribution < 1.29 is 14.3 Å². The molecule has 194 valence electrons. The molecule has 9 heteroatoms. The van der Waals surface area contributed by atoms with Crippen LogP contribution in [-0.4, -0.2) is 41.0 Å². The van der Waals surface area contributed by atoms with E-state index < -0.39 is 0 Å². The first-order chi connectivity index (χ1) is 17.6. The van der Waals surface area contributed by atoms with Gasteiger partial charge in [0.05, 0.1) is 35.0 Å². The number of pyridine rings is 2. The highest BCUT2D eigenvalue weighted by atomic mass is 16.5. The lowest BCUT2D eigenvalue weighted by Gasteiger charge is -2.23. The number of nitrogens with one attached hydrogen (secondary N) is 3. The van der Waals surface area contributed by atoms with Crippen LogP contribution in [0.2, 0.25) is 0 Å². The molecule has 5 N–H and O–H groups in total. The number of carbonyl (C=O) groups is 2. The molecule has 3 heterocycles. The summed E-state index contributed by atoms with van der Waals surface area (Å²) in [6, 6.07) is 10.9. The molecule has 9 nitrogen and oxygen atoms in total. The topological polar surface area (TPSA) is 131 Å². The molecule has 0 spiro atoms. The first-order valence-corrected chi connectivity index (χ1v) is 12.4. The molecule has 0 bridgehead atoms. The summed E-state index contributed by atoms with van der Waals surface area (Å²) in [4.78, 5) is 34.7. The van der Waals surface area contributed by atoms with Gasteiger partial charge in [-0.05, 0) is 67.1 Å². The molecule has 0 aliphatic carbocycles. The summed E-state index contributed by atoms with van der Waals surface area (Å²) < 4.78 is 5.38. The quantitative estimate of drug-likeness (QED) is 0.357. The number of amides is 2. The van der Waals surface area contributed by atoms with Crippen molar-refractivity contribution in [2.24, 2.45) is 0 Å². The zero-order valence-electron chi connectivity index (χ0n) is 21.7. The van der Waals surface area contributed by atoms with Crippen molar-refractivity contribution in [3.63, 3.8) is 0 Å². The molecule has 0 radical (unpaired) electrons. The third kappa shape index (κ3) is 6.83. The number of hydrogen-bond donors (Lipinski definition) is 4. The van der Waals surface area contributed by atoms with E-state index in [1.807, 2.05) is 18.2 Å². The molecule has 1 aromatic carbocycles. The lowest BCUT2D eigenvalue weighted by molar-refractivity contribution is 0.0903. The standard InChI is InChI=1S/C28H34N6O3/c1-17-24(27(36)33-22-5-6-25(31-15-22)32-21-7-9-37-10-8-21)14-23(16-30-17)34-26(35)18-11-19(28(2,3)4)13-20(29)12-18/h5-6,11-16,21H,7-10,29H2,1-4H3,(H,31,32)(H,33,36)(H,34,35). The van der Waals surface area contributed by atoms with Crippen molar-refractivity contribution in [3.8, 4) is 0 Å². The summed E-state index contributed by atoms with van der Waals surface area (Å²) in [5, 5.41) is 9.08. The largest absolute Gasteiger partial charge is 0.399 e. The monoisotopic (exact) mass is 502 g/mol. The molecule has 1 saturated heterocycles. The fourth-order valence-electron chi connectivity index (χ4n) is 4.05. The highest BCUT2D eigenvalue weighted by molar-refractivity contribution is 6.08. The lowest BCUT2D eigenvalue weighted by atomic mass is 9.86. The Morgan fingerprint density at radius 2 is 1.65 bits per heavy atom. The second-order valence-corrected chi connectivity index (χ2v) is 10.3. The summed E-state index contributed by atoms with van der Waals surface area (Å²) in [7, 11) is 0. The number of rotatable bonds is 6. The third-order valence-corrected chi connectivity index (χ3v) is 6.27. The molecule has 1 fully saturated rings. The van der Waals surface area contributed by atoms with Gasteiger partial charge >= 0.3 is 0 Å². The second kappa shape index (κ2) is 11.0. The number of aryl methyl sites for hydroxylation is 1. The van der Waals surface area contributed by atoms with E-state index in [0.717, 1.165) is 37.4 Å². The molecule has 2 aromatic heterocycles. The zero-order chi connectivity index (χ0) is 26.6. The van der Waals surface area contributed by atoms with Crippen molar-refractivity contribution in [2.45, 2.75) is 52.0 Å². The average molecular weight is 503 g/mol. The molecule has 0 unspecified atom stereocenters. The molecule has 0 atom stereocenters. The SMILES string of the molecule is Cc1ncc(NC(=O)c2cc(N)cc(C(C)(C)C)c2)cc1C(=O)Nc1ccc(NC2CCOCC2)nc1. The fourth-order valence-corrected chi connectivity index (χ4v) is 4.05. The molecule has 0 saturated carbocycles. The number of nitrogens with zero attached hydrogens (tertiary/aromatic N) is 2. The average Bonchev–Trinajstić information content (AvgIpc) is 2.86. The Labute approximate surface area is 217 Å². The van der Waals surface area contributed by atoms with Crippen LogP contribution in [0, 0.1) is 6.92 Å². The maximum absolute atomic E-state index is 13.0. The van der Waals surface area contributed by atoms with Crippen LogP contribution in [0.3, 0.4) is 0 Å². The van der Waals surface area contributed by atoms with E-state index in [4.69, 9.17) is 10.5 Å². The molecule has 1 aliphatic heterocycles. The number of hydrogen-bond acceptors (Lipinski definition) is 7. The van der Waals surface area contributed by atoms with Gasteiger partial charge in [0.25, 0.3) is 11.8 Å². The van der Waals surface area contributed by atoms with E-state index in [1.54, 1.807) is 31.3 Å². The van der Waals surface area contributed by atoms with Gasteiger partial charge in [0, 0.05) is 30.5 Å². The number of carbonyl (C=O) groups excluding carboxylic acids is 2. The predicted molar refractivity (Wildman–Crippen MR) is 146 cm³/mol. The van der Waals surface area contributed by atoms with Crippen molar-refractivity contribution in [1.29, 1.82) is 0 Å². The van der Waals surface area contributed by atoms with Crippen LogP contribution in [0.5, 0.6) is 0 Å². The summed E-state index contributed by atoms with van der Waals surface area (Å²) in [6.07, 6.45) is 5.02. The van der Waals surface area contributed by atoms with Crippen LogP contribution >= 0.6 is 0 Å². The van der Waals surface area contributed by atoms with E-state index in [-0.39, 0.29) is 17.2 Å². The maximum Gasteiger partial charge on any atom is 0.257 e. The first kappa shape index (κ1) is 26.1. The Kier molecular flexibility index (Phi) is 7.73. The number of ether oxygens (including phenoxy) is 1. The van der Waals surface area contributed by atoms with Crippen LogP contribution in [0.1, 0.15) is 65.6 Å². The normalized spacial score (nSPS) is 14.2. The number of benzene rings is 1. The summed E-state index contributed by atoms with van der Waals surface area (Å²) in [5.74, 6) is 0.0854. The Morgan fingerprint density at radius 3 is 2.32 bits per heavy atom. The van der Waals surface area contributed by atoms with E-state index in [1.165, 1.54) is 6.20 Å². The van der Waals surface area contributed by atoms with Gasteiger partial charge in [0.2, 0.25) is 0 Å². The molecule has 4 rings (SSSR count). The van der Waals surface area contributed by atoms with Crippen molar-refractivity contribution >= 4 is 34.7 Å². The van der Waals surface area contributed by atoms with E-state index in [9.17, 15) is 9.59 Å². The van der Waals surface area contributed by atoms with Crippen LogP contribution in [0.25, 0.3) is 0 Å². The number of aromatic nitrogens is 2. The molecule has 3 aromatic rings. The predicted octanol–water partition coefficient (Wildman–Crippen LogP) is 4.76. The second-order valence-electron chi connectivity index (χ2n) is 10.3. The van der Waals surface area contributed by atoms with Crippen molar-refractivity contribution in [1.82, 2.24) is 9.97 Å². The minimum absolute atomic E-state index is 0.158. The Morgan fingerprint density at radius 1 is 0.946 bits per heavy atom. The van der Waals surface area contributed by atoms with Gasteiger partial charge in [0.1, 0.15) is 5.82 Å². The fraction of sp³-hybridized carbons (Fsp3) is 0.357. The van der Waals surface area contributed by atoms with Crippen molar-refractivity contribution in [3.05, 3.63) is 71.2 Å². The first-order valence-electron chi connectivity index (χ1n) is 12.4. The van der Waals surface area contributed by atoms with Gasteiger partial charge in [-0.1, -0.05) is 20.8 Å². The van der Waals surface area contributed by atoms with Crippen LogP contribution in [0.4, 0.5) is 22.9 Å². The molecule has 37 heavy (non-hydrogen) atoms. The Balaban J connectivity index is 1.43. The van der Waals surface area contributed by atoms with Crippen molar-refractivity contribution in [2.75, 3.05) is 34.9 Å². The van der Waals surface area contributed by atoms with Gasteiger partial charge in [-0.2, -0.15) is 0 Å². The van der Waals surface area contributed by atoms with E-state index in [0.29, 0.717) is 39.9 Å². The number of anilines is 4. The van der Waals surface area contributed by atoms with Gasteiger partial charge in [-0.15, -0.1) is 0 Å². The van der Waals surface area contributed by atoms with Gasteiger partial charge in [-0.3, -0.25) is 14.6 Å². The van der Waals surface area contributed by atoms with Gasteiger partial charge in [0.15, 0.2) is 0 Å². The summed E-state index contributed by atoms with van der Waals surface area (Å²) in [6.45, 7) is 9.41. The lowest BCUT2D eigenvalue weighted by Crippen LogP contribution is -2.28. The summed E-state index contributed by atoms with van der Waals surface area (Å²) in [5.41, 5.74) is 9.67. The highest BCUT2D eigenvalue weighted by Gasteiger charge is 2.19. The Hall–Kier alpha value is -3.98. The minimum Gasteiger partial charge on any atom is -0.399 e. The van der Waals surface area contributed by atoms with Crippen LogP contribution < -0.4 is 21.7 Å². The van der Waals surface area contributed by atoms with Crippen LogP contribution in [-0.2, 0) is 10.2 Å². The van der Waals surface area contributed by atoms with E-state index >= 15 is 0 Å². The third-order valence-electron chi connectivity index (χ3n) is 6.27. The number of nitrogen functional groups attached to an aromatic ring is 1. The Bertz CT molecular complexity index is 1280. The molecule has 2 amide bonds. The van der Waals surface area contributed by atoms with Gasteiger partial charge in [-0.25, -0.2) is 4.98 Å². The maximum atomic E-state index is 13.0. The molecular weight excluding hydrogens is 468 g/mol. The van der Waals surface area contributed by atoms with Crippen LogP contribution in [0.15, 0.2) is 48.8 Å². The minimum atomic E-state index is -0.341. The number of nitrogens with two attached hydrogens (primary N) is 1.